The first-order valence-electron chi connectivity index (χ1n) is 8.77. The van der Waals surface area contributed by atoms with E-state index in [9.17, 15) is 8.42 Å². The van der Waals surface area contributed by atoms with Crippen LogP contribution in [0.1, 0.15) is 58.8 Å². The quantitative estimate of drug-likeness (QED) is 0.240. The highest BCUT2D eigenvalue weighted by Gasteiger charge is 2.11. The molecule has 1 unspecified atom stereocenters. The van der Waals surface area contributed by atoms with Gasteiger partial charge in [-0.3, -0.25) is 4.55 Å². The van der Waals surface area contributed by atoms with E-state index < -0.39 is 10.4 Å². The van der Waals surface area contributed by atoms with Gasteiger partial charge in [-0.05, 0) is 12.3 Å². The van der Waals surface area contributed by atoms with Crippen molar-refractivity contribution in [1.82, 2.24) is 0 Å². The predicted molar refractivity (Wildman–Crippen MR) is 95.4 cm³/mol. The van der Waals surface area contributed by atoms with Gasteiger partial charge in [0.15, 0.2) is 0 Å². The Morgan fingerprint density at radius 1 is 1.04 bits per heavy atom. The number of unbranched alkanes of at least 4 members (excludes halogenated alkanes) is 4. The third-order valence-electron chi connectivity index (χ3n) is 3.52. The van der Waals surface area contributed by atoms with Crippen molar-refractivity contribution in [2.75, 3.05) is 26.4 Å². The minimum Gasteiger partial charge on any atom is -0.375 e. The Labute approximate surface area is 147 Å². The first kappa shape index (κ1) is 23.5. The summed E-state index contributed by atoms with van der Waals surface area (Å²) in [6.45, 7) is 8.87. The van der Waals surface area contributed by atoms with Crippen molar-refractivity contribution in [3.63, 3.8) is 0 Å². The Morgan fingerprint density at radius 2 is 1.67 bits per heavy atom. The Hall–Kier alpha value is -0.470. The zero-order valence-electron chi connectivity index (χ0n) is 15.1. The van der Waals surface area contributed by atoms with Crippen molar-refractivity contribution < 1.29 is 26.6 Å². The van der Waals surface area contributed by atoms with Crippen LogP contribution in [-0.2, 0) is 24.1 Å². The van der Waals surface area contributed by atoms with Gasteiger partial charge in [0.1, 0.15) is 0 Å². The lowest BCUT2D eigenvalue weighted by Crippen LogP contribution is -2.23. The number of hydrogen-bond donors (Lipinski definition) is 1. The molecule has 6 nitrogen and oxygen atoms in total. The lowest BCUT2D eigenvalue weighted by Gasteiger charge is -2.17. The van der Waals surface area contributed by atoms with Crippen molar-refractivity contribution in [2.24, 2.45) is 5.92 Å². The van der Waals surface area contributed by atoms with E-state index in [-0.39, 0.29) is 19.3 Å². The zero-order chi connectivity index (χ0) is 18.3. The molecule has 0 aliphatic heterocycles. The average Bonchev–Trinajstić information content (AvgIpc) is 2.48. The molecule has 0 spiro atoms. The first-order valence-corrected chi connectivity index (χ1v) is 10.1. The maximum Gasteiger partial charge on any atom is 0.397 e. The summed E-state index contributed by atoms with van der Waals surface area (Å²) in [5, 5.41) is 0. The topological polar surface area (TPSA) is 82.1 Å². The lowest BCUT2D eigenvalue weighted by atomic mass is 10.0. The summed E-state index contributed by atoms with van der Waals surface area (Å²) in [6.07, 6.45) is 9.68. The Bertz CT molecular complexity index is 394. The van der Waals surface area contributed by atoms with Crippen molar-refractivity contribution in [2.45, 2.75) is 64.9 Å². The van der Waals surface area contributed by atoms with E-state index in [1.165, 1.54) is 25.7 Å². The minimum absolute atomic E-state index is 0.0935. The molecule has 0 aromatic rings. The summed E-state index contributed by atoms with van der Waals surface area (Å²) in [6, 6.07) is 0. The second-order valence-electron chi connectivity index (χ2n) is 6.31. The highest BCUT2D eigenvalue weighted by Crippen LogP contribution is 2.13. The molecule has 0 aliphatic rings. The molecule has 0 heterocycles. The lowest BCUT2D eigenvalue weighted by molar-refractivity contribution is -0.0246. The predicted octanol–water partition coefficient (Wildman–Crippen LogP) is 3.78. The standard InChI is InChI=1S/C17H34O6S/c1-4-12-21-15-17(22-13-14-23-24(18,19)20)11-9-7-5-6-8-10-16(2)3/h4,16-17H,1,5-15H2,2-3H3,(H,18,19,20). The molecule has 0 aliphatic carbocycles. The van der Waals surface area contributed by atoms with E-state index >= 15 is 0 Å². The highest BCUT2D eigenvalue weighted by atomic mass is 32.3. The van der Waals surface area contributed by atoms with Crippen LogP contribution in [-0.4, -0.2) is 45.5 Å². The van der Waals surface area contributed by atoms with Gasteiger partial charge in [0.2, 0.25) is 0 Å². The van der Waals surface area contributed by atoms with Crippen molar-refractivity contribution in [3.8, 4) is 0 Å². The Morgan fingerprint density at radius 3 is 2.25 bits per heavy atom. The third kappa shape index (κ3) is 17.9. The molecule has 0 amide bonds. The zero-order valence-corrected chi connectivity index (χ0v) is 15.9. The van der Waals surface area contributed by atoms with Gasteiger partial charge in [0.05, 0.1) is 32.5 Å². The molecule has 0 rings (SSSR count). The van der Waals surface area contributed by atoms with Crippen LogP contribution >= 0.6 is 0 Å². The van der Waals surface area contributed by atoms with Crippen LogP contribution in [0.4, 0.5) is 0 Å². The van der Waals surface area contributed by atoms with Crippen LogP contribution in [0.15, 0.2) is 12.7 Å². The van der Waals surface area contributed by atoms with Gasteiger partial charge >= 0.3 is 10.4 Å². The molecule has 144 valence electrons. The summed E-state index contributed by atoms with van der Waals surface area (Å²) in [4.78, 5) is 0. The van der Waals surface area contributed by atoms with Crippen molar-refractivity contribution >= 4 is 10.4 Å². The van der Waals surface area contributed by atoms with Gasteiger partial charge in [-0.25, -0.2) is 4.18 Å². The van der Waals surface area contributed by atoms with Crippen LogP contribution in [0.2, 0.25) is 0 Å². The molecule has 0 bridgehead atoms. The molecule has 0 fully saturated rings. The molecule has 1 N–H and O–H groups in total. The van der Waals surface area contributed by atoms with Gasteiger partial charge in [0.25, 0.3) is 0 Å². The molecule has 0 saturated carbocycles. The van der Waals surface area contributed by atoms with Crippen LogP contribution in [0.3, 0.4) is 0 Å². The molecule has 0 aromatic carbocycles. The largest absolute Gasteiger partial charge is 0.397 e. The number of rotatable bonds is 17. The van der Waals surface area contributed by atoms with Crippen LogP contribution in [0, 0.1) is 5.92 Å². The summed E-state index contributed by atoms with van der Waals surface area (Å²) in [7, 11) is -4.40. The average molecular weight is 367 g/mol. The molecule has 24 heavy (non-hydrogen) atoms. The highest BCUT2D eigenvalue weighted by molar-refractivity contribution is 7.80. The maximum absolute atomic E-state index is 10.5. The van der Waals surface area contributed by atoms with Crippen molar-refractivity contribution in [3.05, 3.63) is 12.7 Å². The molecule has 1 atom stereocenters. The Kier molecular flexibility index (Phi) is 14.5. The normalized spacial score (nSPS) is 13.3. The van der Waals surface area contributed by atoms with Gasteiger partial charge < -0.3 is 9.47 Å². The number of ether oxygens (including phenoxy) is 2. The first-order chi connectivity index (χ1) is 11.3. The molecule has 0 saturated heterocycles. The van der Waals surface area contributed by atoms with Gasteiger partial charge in [0, 0.05) is 0 Å². The monoisotopic (exact) mass is 366 g/mol. The van der Waals surface area contributed by atoms with E-state index in [4.69, 9.17) is 14.0 Å². The summed E-state index contributed by atoms with van der Waals surface area (Å²) in [5.74, 6) is 0.773. The molecule has 0 aromatic heterocycles. The molecular weight excluding hydrogens is 332 g/mol. The molecular formula is C17H34O6S. The third-order valence-corrected chi connectivity index (χ3v) is 3.98. The van der Waals surface area contributed by atoms with Gasteiger partial charge in [-0.15, -0.1) is 6.58 Å². The Balaban J connectivity index is 3.84. The smallest absolute Gasteiger partial charge is 0.375 e. The second kappa shape index (κ2) is 14.8. The van der Waals surface area contributed by atoms with Crippen LogP contribution in [0.5, 0.6) is 0 Å². The summed E-state index contributed by atoms with van der Waals surface area (Å²) in [5.41, 5.74) is 0. The molecule has 7 heteroatoms. The number of hydrogen-bond acceptors (Lipinski definition) is 5. The van der Waals surface area contributed by atoms with Gasteiger partial charge in [-0.2, -0.15) is 8.42 Å². The molecule has 0 radical (unpaired) electrons. The van der Waals surface area contributed by atoms with Crippen LogP contribution in [0.25, 0.3) is 0 Å². The van der Waals surface area contributed by atoms with Gasteiger partial charge in [-0.1, -0.05) is 58.4 Å². The fourth-order valence-corrected chi connectivity index (χ4v) is 2.59. The van der Waals surface area contributed by atoms with E-state index in [0.29, 0.717) is 13.2 Å². The minimum atomic E-state index is -4.40. The summed E-state index contributed by atoms with van der Waals surface area (Å²) < 4.78 is 44.7. The fourth-order valence-electron chi connectivity index (χ4n) is 2.31. The van der Waals surface area contributed by atoms with E-state index in [1.807, 2.05) is 0 Å². The SMILES string of the molecule is C=CCOCC(CCCCCCCC(C)C)OCCOS(=O)(=O)O. The second-order valence-corrected chi connectivity index (χ2v) is 7.40. The fraction of sp³-hybridized carbons (Fsp3) is 0.882. The van der Waals surface area contributed by atoms with E-state index in [1.54, 1.807) is 6.08 Å². The maximum atomic E-state index is 10.5. The van der Waals surface area contributed by atoms with Crippen molar-refractivity contribution in [1.29, 1.82) is 0 Å². The summed E-state index contributed by atoms with van der Waals surface area (Å²) >= 11 is 0. The van der Waals surface area contributed by atoms with E-state index in [0.717, 1.165) is 25.2 Å². The van der Waals surface area contributed by atoms with E-state index in [2.05, 4.69) is 24.6 Å². The van der Waals surface area contributed by atoms with Crippen LogP contribution < -0.4 is 0 Å².